The molecule has 1 saturated heterocycles. The predicted octanol–water partition coefficient (Wildman–Crippen LogP) is 3.06. The van der Waals surface area contributed by atoms with E-state index < -0.39 is 0 Å². The first-order valence-corrected chi connectivity index (χ1v) is 7.74. The van der Waals surface area contributed by atoms with Crippen LogP contribution in [0, 0.1) is 0 Å². The van der Waals surface area contributed by atoms with Crippen molar-refractivity contribution in [3.63, 3.8) is 0 Å². The second-order valence-electron chi connectivity index (χ2n) is 5.65. The predicted molar refractivity (Wildman–Crippen MR) is 85.4 cm³/mol. The Morgan fingerprint density at radius 2 is 1.90 bits per heavy atom. The van der Waals surface area contributed by atoms with Gasteiger partial charge in [0.15, 0.2) is 0 Å². The van der Waals surface area contributed by atoms with Gasteiger partial charge in [-0.3, -0.25) is 4.90 Å². The van der Waals surface area contributed by atoms with Crippen LogP contribution in [0.25, 0.3) is 10.9 Å². The highest BCUT2D eigenvalue weighted by Gasteiger charge is 2.17. The molecule has 0 atom stereocenters. The number of nitrogens with zero attached hydrogens (tertiary/aromatic N) is 3. The molecule has 3 rings (SSSR count). The summed E-state index contributed by atoms with van der Waals surface area (Å²) < 4.78 is 2.30. The van der Waals surface area contributed by atoms with Gasteiger partial charge < -0.3 is 9.47 Å². The van der Waals surface area contributed by atoms with E-state index in [1.54, 1.807) is 0 Å². The summed E-state index contributed by atoms with van der Waals surface area (Å²) in [4.78, 5) is 4.91. The highest BCUT2D eigenvalue weighted by molar-refractivity contribution is 6.35. The number of aromatic nitrogens is 1. The van der Waals surface area contributed by atoms with Gasteiger partial charge >= 0.3 is 0 Å². The third kappa shape index (κ3) is 2.58. The quantitative estimate of drug-likeness (QED) is 0.861. The molecule has 108 valence electrons. The van der Waals surface area contributed by atoms with Gasteiger partial charge in [0.1, 0.15) is 0 Å². The Bertz CT molecular complexity index is 597. The van der Waals surface area contributed by atoms with Crippen molar-refractivity contribution in [3.05, 3.63) is 35.0 Å². The van der Waals surface area contributed by atoms with Gasteiger partial charge in [-0.1, -0.05) is 17.7 Å². The number of fused-ring (bicyclic) bond motifs is 1. The largest absolute Gasteiger partial charge is 0.347 e. The van der Waals surface area contributed by atoms with E-state index in [4.69, 9.17) is 11.6 Å². The van der Waals surface area contributed by atoms with Gasteiger partial charge in [-0.15, -0.1) is 0 Å². The lowest BCUT2D eigenvalue weighted by Crippen LogP contribution is -2.43. The monoisotopic (exact) mass is 291 g/mol. The van der Waals surface area contributed by atoms with Crippen LogP contribution in [0.5, 0.6) is 0 Å². The molecule has 2 aromatic rings. The van der Waals surface area contributed by atoms with Crippen molar-refractivity contribution in [2.75, 3.05) is 33.2 Å². The van der Waals surface area contributed by atoms with Gasteiger partial charge in [0.25, 0.3) is 0 Å². The normalized spacial score (nSPS) is 17.9. The van der Waals surface area contributed by atoms with Crippen LogP contribution >= 0.6 is 11.6 Å². The highest BCUT2D eigenvalue weighted by Crippen LogP contribution is 2.29. The number of aryl methyl sites for hydroxylation is 1. The number of hydrogen-bond donors (Lipinski definition) is 0. The van der Waals surface area contributed by atoms with Crippen LogP contribution in [-0.2, 0) is 13.1 Å². The van der Waals surface area contributed by atoms with Crippen molar-refractivity contribution in [2.24, 2.45) is 0 Å². The number of likely N-dealkylation sites (N-methyl/N-ethyl adjacent to an activating group) is 1. The molecule has 1 aliphatic rings. The van der Waals surface area contributed by atoms with Crippen molar-refractivity contribution < 1.29 is 0 Å². The standard InChI is InChI=1S/C16H22ClN3/c1-3-20-12-13(11-19-9-7-18(2)8-10-19)16-14(17)5-4-6-15(16)20/h4-6,12H,3,7-11H2,1-2H3. The molecule has 0 aliphatic carbocycles. The third-order valence-corrected chi connectivity index (χ3v) is 4.58. The minimum atomic E-state index is 0.874. The number of hydrogen-bond acceptors (Lipinski definition) is 2. The van der Waals surface area contributed by atoms with Crippen LogP contribution < -0.4 is 0 Å². The molecule has 0 bridgehead atoms. The van der Waals surface area contributed by atoms with E-state index in [-0.39, 0.29) is 0 Å². The maximum Gasteiger partial charge on any atom is 0.0503 e. The van der Waals surface area contributed by atoms with E-state index in [9.17, 15) is 0 Å². The second kappa shape index (κ2) is 5.76. The molecule has 3 nitrogen and oxygen atoms in total. The zero-order chi connectivity index (χ0) is 14.1. The Morgan fingerprint density at radius 1 is 1.15 bits per heavy atom. The van der Waals surface area contributed by atoms with Crippen molar-refractivity contribution in [1.29, 1.82) is 0 Å². The van der Waals surface area contributed by atoms with Gasteiger partial charge in [0.05, 0.1) is 5.02 Å². The van der Waals surface area contributed by atoms with Crippen LogP contribution in [0.3, 0.4) is 0 Å². The minimum Gasteiger partial charge on any atom is -0.347 e. The molecule has 0 amide bonds. The van der Waals surface area contributed by atoms with Crippen LogP contribution in [0.1, 0.15) is 12.5 Å². The Kier molecular flexibility index (Phi) is 4.01. The fraction of sp³-hybridized carbons (Fsp3) is 0.500. The Morgan fingerprint density at radius 3 is 2.60 bits per heavy atom. The fourth-order valence-electron chi connectivity index (χ4n) is 3.02. The van der Waals surface area contributed by atoms with E-state index in [0.717, 1.165) is 44.3 Å². The van der Waals surface area contributed by atoms with Crippen molar-refractivity contribution in [1.82, 2.24) is 14.4 Å². The minimum absolute atomic E-state index is 0.874. The number of benzene rings is 1. The van der Waals surface area contributed by atoms with Gasteiger partial charge in [0.2, 0.25) is 0 Å². The average molecular weight is 292 g/mol. The summed E-state index contributed by atoms with van der Waals surface area (Å²) in [6.45, 7) is 8.75. The molecule has 1 aliphatic heterocycles. The molecule has 0 N–H and O–H groups in total. The van der Waals surface area contributed by atoms with Gasteiger partial charge in [0, 0.05) is 56.4 Å². The van der Waals surface area contributed by atoms with Crippen molar-refractivity contribution >= 4 is 22.5 Å². The van der Waals surface area contributed by atoms with Crippen molar-refractivity contribution in [3.8, 4) is 0 Å². The lowest BCUT2D eigenvalue weighted by molar-refractivity contribution is 0.148. The lowest BCUT2D eigenvalue weighted by Gasteiger charge is -2.32. The molecule has 4 heteroatoms. The SMILES string of the molecule is CCn1cc(CN2CCN(C)CC2)c2c(Cl)cccc21. The van der Waals surface area contributed by atoms with E-state index >= 15 is 0 Å². The van der Waals surface area contributed by atoms with Gasteiger partial charge in [-0.05, 0) is 31.7 Å². The summed E-state index contributed by atoms with van der Waals surface area (Å²) >= 11 is 6.43. The number of piperazine rings is 1. The summed E-state index contributed by atoms with van der Waals surface area (Å²) in [6, 6.07) is 6.20. The van der Waals surface area contributed by atoms with Crippen LogP contribution in [-0.4, -0.2) is 47.6 Å². The molecular weight excluding hydrogens is 270 g/mol. The third-order valence-electron chi connectivity index (χ3n) is 4.26. The van der Waals surface area contributed by atoms with Gasteiger partial charge in [-0.25, -0.2) is 0 Å². The molecule has 0 saturated carbocycles. The second-order valence-corrected chi connectivity index (χ2v) is 6.06. The molecule has 1 fully saturated rings. The van der Waals surface area contributed by atoms with Crippen LogP contribution in [0.15, 0.2) is 24.4 Å². The molecule has 2 heterocycles. The summed E-state index contributed by atoms with van der Waals surface area (Å²) in [5.74, 6) is 0. The molecule has 0 unspecified atom stereocenters. The van der Waals surface area contributed by atoms with Crippen LogP contribution in [0.4, 0.5) is 0 Å². The Hall–Kier alpha value is -1.03. The molecular formula is C16H22ClN3. The maximum atomic E-state index is 6.43. The van der Waals surface area contributed by atoms with E-state index in [1.807, 2.05) is 12.1 Å². The zero-order valence-electron chi connectivity index (χ0n) is 12.3. The van der Waals surface area contributed by atoms with Crippen LogP contribution in [0.2, 0.25) is 5.02 Å². The summed E-state index contributed by atoms with van der Waals surface area (Å²) in [5, 5.41) is 2.11. The average Bonchev–Trinajstić information content (AvgIpc) is 2.81. The summed E-state index contributed by atoms with van der Waals surface area (Å²) in [6.07, 6.45) is 2.27. The summed E-state index contributed by atoms with van der Waals surface area (Å²) in [5.41, 5.74) is 2.61. The smallest absolute Gasteiger partial charge is 0.0503 e. The van der Waals surface area contributed by atoms with E-state index in [2.05, 4.69) is 40.6 Å². The van der Waals surface area contributed by atoms with Crippen molar-refractivity contribution in [2.45, 2.75) is 20.0 Å². The first kappa shape index (κ1) is 13.9. The molecule has 20 heavy (non-hydrogen) atoms. The number of halogens is 1. The Balaban J connectivity index is 1.91. The molecule has 1 aromatic heterocycles. The lowest BCUT2D eigenvalue weighted by atomic mass is 10.1. The Labute approximate surface area is 125 Å². The zero-order valence-corrected chi connectivity index (χ0v) is 13.0. The summed E-state index contributed by atoms with van der Waals surface area (Å²) in [7, 11) is 2.19. The van der Waals surface area contributed by atoms with E-state index in [0.29, 0.717) is 0 Å². The fourth-order valence-corrected chi connectivity index (χ4v) is 3.31. The first-order valence-electron chi connectivity index (χ1n) is 7.36. The molecule has 1 aromatic carbocycles. The van der Waals surface area contributed by atoms with E-state index in [1.165, 1.54) is 16.5 Å². The molecule has 0 radical (unpaired) electrons. The first-order chi connectivity index (χ1) is 9.69. The number of rotatable bonds is 3. The molecule has 0 spiro atoms. The maximum absolute atomic E-state index is 6.43. The highest BCUT2D eigenvalue weighted by atomic mass is 35.5. The topological polar surface area (TPSA) is 11.4 Å². The van der Waals surface area contributed by atoms with Gasteiger partial charge in [-0.2, -0.15) is 0 Å².